The summed E-state index contributed by atoms with van der Waals surface area (Å²) in [5, 5.41) is 0. The molecule has 2 aliphatic heterocycles. The van der Waals surface area contributed by atoms with E-state index in [4.69, 9.17) is 9.47 Å². The van der Waals surface area contributed by atoms with Crippen LogP contribution < -0.4 is 0 Å². The second-order valence-corrected chi connectivity index (χ2v) is 9.42. The zero-order chi connectivity index (χ0) is 27.0. The lowest BCUT2D eigenvalue weighted by Crippen LogP contribution is -1.99. The van der Waals surface area contributed by atoms with Crippen LogP contribution in [0.15, 0.2) is 181 Å². The van der Waals surface area contributed by atoms with E-state index in [-0.39, 0.29) is 0 Å². The second-order valence-electron chi connectivity index (χ2n) is 9.42. The lowest BCUT2D eigenvalue weighted by molar-refractivity contribution is 0.466. The summed E-state index contributed by atoms with van der Waals surface area (Å²) in [6, 6.07) is 40.8. The molecule has 0 atom stereocenters. The Morgan fingerprint density at radius 1 is 0.325 bits per heavy atom. The minimum atomic E-state index is 0.829. The Hall–Kier alpha value is -5.34. The quantitative estimate of drug-likeness (QED) is 0.254. The molecule has 4 aromatic carbocycles. The first-order chi connectivity index (χ1) is 19.8. The van der Waals surface area contributed by atoms with Crippen LogP contribution in [0.5, 0.6) is 0 Å². The minimum absolute atomic E-state index is 0.829. The van der Waals surface area contributed by atoms with E-state index >= 15 is 0 Å². The van der Waals surface area contributed by atoms with Gasteiger partial charge in [0.25, 0.3) is 0 Å². The zero-order valence-corrected chi connectivity index (χ0v) is 22.0. The third-order valence-electron chi connectivity index (χ3n) is 6.55. The fraction of sp³-hybridized carbons (Fsp3) is 0. The molecule has 0 bridgehead atoms. The topological polar surface area (TPSA) is 18.5 Å². The third kappa shape index (κ3) is 6.03. The Morgan fingerprint density at radius 3 is 0.825 bits per heavy atom. The summed E-state index contributed by atoms with van der Waals surface area (Å²) in [6.45, 7) is 0. The SMILES string of the molecule is C(=CC=C1C=C(c2ccccc2)OC(c2ccccc2)=C1)C=C1C=C(c2ccccc2)OC(c2ccccc2)=C1. The molecule has 40 heavy (non-hydrogen) atoms. The largest absolute Gasteiger partial charge is 0.456 e. The van der Waals surface area contributed by atoms with E-state index in [1.807, 2.05) is 72.8 Å². The molecule has 6 rings (SSSR count). The predicted octanol–water partition coefficient (Wildman–Crippen LogP) is 9.62. The van der Waals surface area contributed by atoms with Gasteiger partial charge >= 0.3 is 0 Å². The Labute approximate surface area is 235 Å². The summed E-state index contributed by atoms with van der Waals surface area (Å²) in [4.78, 5) is 0. The monoisotopic (exact) mass is 516 g/mol. The van der Waals surface area contributed by atoms with Gasteiger partial charge in [0, 0.05) is 22.3 Å². The van der Waals surface area contributed by atoms with E-state index in [0.717, 1.165) is 56.4 Å². The van der Waals surface area contributed by atoms with Gasteiger partial charge in [-0.3, -0.25) is 0 Å². The Morgan fingerprint density at radius 2 is 0.575 bits per heavy atom. The van der Waals surface area contributed by atoms with Crippen LogP contribution >= 0.6 is 0 Å². The van der Waals surface area contributed by atoms with Crippen molar-refractivity contribution in [3.8, 4) is 0 Å². The van der Waals surface area contributed by atoms with Crippen LogP contribution in [0.3, 0.4) is 0 Å². The minimum Gasteiger partial charge on any atom is -0.456 e. The van der Waals surface area contributed by atoms with Crippen molar-refractivity contribution in [2.75, 3.05) is 0 Å². The highest BCUT2D eigenvalue weighted by Gasteiger charge is 2.15. The van der Waals surface area contributed by atoms with Gasteiger partial charge in [0.1, 0.15) is 23.0 Å². The van der Waals surface area contributed by atoms with E-state index in [9.17, 15) is 0 Å². The number of allylic oxidation sites excluding steroid dienone is 10. The fourth-order valence-corrected chi connectivity index (χ4v) is 4.55. The smallest absolute Gasteiger partial charge is 0.135 e. The van der Waals surface area contributed by atoms with E-state index < -0.39 is 0 Å². The molecule has 0 saturated heterocycles. The Kier molecular flexibility index (Phi) is 7.50. The van der Waals surface area contributed by atoms with E-state index in [0.29, 0.717) is 0 Å². The number of benzene rings is 4. The summed E-state index contributed by atoms with van der Waals surface area (Å²) in [7, 11) is 0. The van der Waals surface area contributed by atoms with Crippen molar-refractivity contribution in [2.24, 2.45) is 0 Å². The van der Waals surface area contributed by atoms with Crippen molar-refractivity contribution in [3.05, 3.63) is 203 Å². The molecule has 0 aliphatic carbocycles. The maximum absolute atomic E-state index is 6.31. The number of rotatable bonds is 6. The summed E-state index contributed by atoms with van der Waals surface area (Å²) in [6.07, 6.45) is 16.6. The Balaban J connectivity index is 1.32. The highest BCUT2D eigenvalue weighted by Crippen LogP contribution is 2.33. The number of hydrogen-bond acceptors (Lipinski definition) is 2. The molecule has 0 spiro atoms. The maximum atomic E-state index is 6.31. The first-order valence-electron chi connectivity index (χ1n) is 13.3. The molecule has 2 aliphatic rings. The predicted molar refractivity (Wildman–Crippen MR) is 165 cm³/mol. The second kappa shape index (κ2) is 12.0. The molecule has 192 valence electrons. The number of hydrogen-bond donors (Lipinski definition) is 0. The van der Waals surface area contributed by atoms with Crippen molar-refractivity contribution in [3.63, 3.8) is 0 Å². The van der Waals surface area contributed by atoms with E-state index in [2.05, 4.69) is 97.1 Å². The molecular formula is C38H28O2. The molecule has 0 saturated carbocycles. The molecule has 0 unspecified atom stereocenters. The standard InChI is InChI=1S/C38H28O2/c1-5-17-31(18-6-1)35-25-29(26-36(39-35)32-19-7-2-8-20-32)15-13-14-16-30-27-37(33-21-9-3-10-22-33)40-38(28-30)34-23-11-4-12-24-34/h1-28H. The molecule has 4 aromatic rings. The summed E-state index contributed by atoms with van der Waals surface area (Å²) in [5.74, 6) is 3.32. The van der Waals surface area contributed by atoms with Gasteiger partial charge in [0.05, 0.1) is 0 Å². The molecular weight excluding hydrogens is 488 g/mol. The van der Waals surface area contributed by atoms with Crippen molar-refractivity contribution >= 4 is 23.0 Å². The molecule has 0 radical (unpaired) electrons. The maximum Gasteiger partial charge on any atom is 0.135 e. The zero-order valence-electron chi connectivity index (χ0n) is 22.0. The van der Waals surface area contributed by atoms with Gasteiger partial charge in [0.15, 0.2) is 0 Å². The number of ether oxygens (including phenoxy) is 2. The van der Waals surface area contributed by atoms with Crippen LogP contribution in [0.25, 0.3) is 23.0 Å². The van der Waals surface area contributed by atoms with Crippen LogP contribution in [0.2, 0.25) is 0 Å². The van der Waals surface area contributed by atoms with Crippen LogP contribution in [-0.2, 0) is 9.47 Å². The van der Waals surface area contributed by atoms with Gasteiger partial charge in [-0.1, -0.05) is 146 Å². The molecule has 0 amide bonds. The molecule has 2 heterocycles. The van der Waals surface area contributed by atoms with Gasteiger partial charge in [0.2, 0.25) is 0 Å². The van der Waals surface area contributed by atoms with Gasteiger partial charge < -0.3 is 9.47 Å². The van der Waals surface area contributed by atoms with Gasteiger partial charge in [-0.2, -0.15) is 0 Å². The summed E-state index contributed by atoms with van der Waals surface area (Å²) >= 11 is 0. The molecule has 0 fully saturated rings. The highest BCUT2D eigenvalue weighted by molar-refractivity contribution is 5.79. The first kappa shape index (κ1) is 25.0. The normalized spacial score (nSPS) is 14.8. The average molecular weight is 517 g/mol. The van der Waals surface area contributed by atoms with Crippen molar-refractivity contribution in [1.29, 1.82) is 0 Å². The van der Waals surface area contributed by atoms with Crippen LogP contribution in [0.4, 0.5) is 0 Å². The molecule has 0 N–H and O–H groups in total. The lowest BCUT2D eigenvalue weighted by Gasteiger charge is -2.19. The highest BCUT2D eigenvalue weighted by atomic mass is 16.5. The van der Waals surface area contributed by atoms with Crippen LogP contribution in [0.1, 0.15) is 22.3 Å². The fourth-order valence-electron chi connectivity index (χ4n) is 4.55. The molecule has 0 aromatic heterocycles. The van der Waals surface area contributed by atoms with Gasteiger partial charge in [-0.25, -0.2) is 0 Å². The Bertz CT molecular complexity index is 1440. The molecule has 2 heteroatoms. The molecule has 2 nitrogen and oxygen atoms in total. The van der Waals surface area contributed by atoms with Crippen LogP contribution in [-0.4, -0.2) is 0 Å². The van der Waals surface area contributed by atoms with E-state index in [1.165, 1.54) is 0 Å². The summed E-state index contributed by atoms with van der Waals surface area (Å²) in [5.41, 5.74) is 6.29. The van der Waals surface area contributed by atoms with Gasteiger partial charge in [-0.15, -0.1) is 0 Å². The average Bonchev–Trinajstić information content (AvgIpc) is 3.04. The van der Waals surface area contributed by atoms with Crippen molar-refractivity contribution in [2.45, 2.75) is 0 Å². The van der Waals surface area contributed by atoms with Gasteiger partial charge in [-0.05, 0) is 35.5 Å². The van der Waals surface area contributed by atoms with Crippen molar-refractivity contribution < 1.29 is 9.47 Å². The van der Waals surface area contributed by atoms with E-state index in [1.54, 1.807) is 0 Å². The first-order valence-corrected chi connectivity index (χ1v) is 13.3. The third-order valence-corrected chi connectivity index (χ3v) is 6.55. The van der Waals surface area contributed by atoms with Crippen LogP contribution in [0, 0.1) is 0 Å². The summed E-state index contributed by atoms with van der Waals surface area (Å²) < 4.78 is 12.6. The van der Waals surface area contributed by atoms with Crippen molar-refractivity contribution in [1.82, 2.24) is 0 Å². The lowest BCUT2D eigenvalue weighted by atomic mass is 10.0.